The second-order valence-corrected chi connectivity index (χ2v) is 18.7. The van der Waals surface area contributed by atoms with E-state index in [4.69, 9.17) is 4.74 Å². The third-order valence-electron chi connectivity index (χ3n) is 12.4. The Kier molecular flexibility index (Phi) is 49.1. The van der Waals surface area contributed by atoms with E-state index in [1.54, 1.807) is 0 Å². The minimum atomic E-state index is 0.0272. The molecule has 0 aliphatic carbocycles. The summed E-state index contributed by atoms with van der Waals surface area (Å²) in [6.07, 6.45) is 65.6. The van der Waals surface area contributed by atoms with Gasteiger partial charge in [0, 0.05) is 6.42 Å². The van der Waals surface area contributed by atoms with Crippen LogP contribution in [0.25, 0.3) is 0 Å². The number of unbranched alkanes of at least 4 members (excludes halogenated alkanes) is 43. The lowest BCUT2D eigenvalue weighted by atomic mass is 10.0. The van der Waals surface area contributed by atoms with E-state index >= 15 is 0 Å². The predicted octanol–water partition coefficient (Wildman–Crippen LogP) is 19.5. The molecule has 0 aliphatic rings. The molecule has 0 heterocycles. The number of rotatable bonds is 49. The second kappa shape index (κ2) is 49.6. The third kappa shape index (κ3) is 51.5. The average molecular weight is 775 g/mol. The molecule has 0 aliphatic heterocycles. The number of ether oxygens (including phenoxy) is 1. The van der Waals surface area contributed by atoms with Gasteiger partial charge in [-0.3, -0.25) is 4.79 Å². The van der Waals surface area contributed by atoms with Crippen LogP contribution in [0.2, 0.25) is 0 Å². The molecule has 0 aromatic rings. The SMILES string of the molecule is CCCCCCCCCCCC(=O)OCCCCCCCCCCCCCCCCCCCCCCCCCCCCCCCCCCCCCCC(C)C. The van der Waals surface area contributed by atoms with Gasteiger partial charge in [0.05, 0.1) is 6.61 Å². The van der Waals surface area contributed by atoms with Crippen molar-refractivity contribution in [1.82, 2.24) is 0 Å². The van der Waals surface area contributed by atoms with Crippen molar-refractivity contribution >= 4 is 5.97 Å². The first-order valence-corrected chi connectivity index (χ1v) is 26.3. The van der Waals surface area contributed by atoms with E-state index in [0.717, 1.165) is 18.8 Å². The summed E-state index contributed by atoms with van der Waals surface area (Å²) in [6.45, 7) is 7.61. The Hall–Kier alpha value is -0.530. The van der Waals surface area contributed by atoms with E-state index < -0.39 is 0 Å². The van der Waals surface area contributed by atoms with Crippen LogP contribution in [0.4, 0.5) is 0 Å². The van der Waals surface area contributed by atoms with Gasteiger partial charge in [-0.15, -0.1) is 0 Å². The fourth-order valence-corrected chi connectivity index (χ4v) is 8.50. The van der Waals surface area contributed by atoms with Crippen molar-refractivity contribution in [3.05, 3.63) is 0 Å². The van der Waals surface area contributed by atoms with Crippen LogP contribution in [0.15, 0.2) is 0 Å². The van der Waals surface area contributed by atoms with Crippen LogP contribution >= 0.6 is 0 Å². The predicted molar refractivity (Wildman–Crippen MR) is 248 cm³/mol. The quantitative estimate of drug-likeness (QED) is 0.0454. The fourth-order valence-electron chi connectivity index (χ4n) is 8.50. The molecule has 0 aromatic heterocycles. The number of hydrogen-bond donors (Lipinski definition) is 0. The number of carbonyl (C=O) groups excluding carboxylic acids is 1. The lowest BCUT2D eigenvalue weighted by Crippen LogP contribution is -2.05. The Balaban J connectivity index is 3.11. The van der Waals surface area contributed by atoms with Gasteiger partial charge in [-0.25, -0.2) is 0 Å². The average Bonchev–Trinajstić information content (AvgIpc) is 3.18. The van der Waals surface area contributed by atoms with Crippen molar-refractivity contribution in [3.63, 3.8) is 0 Å². The summed E-state index contributed by atoms with van der Waals surface area (Å²) in [7, 11) is 0. The molecule has 0 fully saturated rings. The van der Waals surface area contributed by atoms with Crippen molar-refractivity contribution in [2.75, 3.05) is 6.61 Å². The zero-order chi connectivity index (χ0) is 39.8. The van der Waals surface area contributed by atoms with Crippen LogP contribution in [-0.4, -0.2) is 12.6 Å². The van der Waals surface area contributed by atoms with Gasteiger partial charge in [0.2, 0.25) is 0 Å². The van der Waals surface area contributed by atoms with Gasteiger partial charge in [0.25, 0.3) is 0 Å². The molecule has 0 atom stereocenters. The zero-order valence-electron chi connectivity index (χ0n) is 38.8. The van der Waals surface area contributed by atoms with E-state index in [2.05, 4.69) is 20.8 Å². The molecule has 0 bridgehead atoms. The van der Waals surface area contributed by atoms with E-state index in [9.17, 15) is 4.79 Å². The first-order valence-electron chi connectivity index (χ1n) is 26.3. The summed E-state index contributed by atoms with van der Waals surface area (Å²) in [5.74, 6) is 0.918. The van der Waals surface area contributed by atoms with Crippen LogP contribution in [0.5, 0.6) is 0 Å². The number of esters is 1. The Bertz CT molecular complexity index is 686. The lowest BCUT2D eigenvalue weighted by Gasteiger charge is -2.06. The van der Waals surface area contributed by atoms with Crippen LogP contribution in [0.3, 0.4) is 0 Å². The van der Waals surface area contributed by atoms with Crippen molar-refractivity contribution < 1.29 is 9.53 Å². The van der Waals surface area contributed by atoms with Crippen molar-refractivity contribution in [1.29, 1.82) is 0 Å². The minimum absolute atomic E-state index is 0.0272. The largest absolute Gasteiger partial charge is 0.466 e. The van der Waals surface area contributed by atoms with Gasteiger partial charge in [-0.05, 0) is 18.8 Å². The summed E-state index contributed by atoms with van der Waals surface area (Å²) < 4.78 is 5.45. The molecule has 0 rings (SSSR count). The van der Waals surface area contributed by atoms with Crippen LogP contribution in [0, 0.1) is 5.92 Å². The maximum Gasteiger partial charge on any atom is 0.305 e. The molecule has 330 valence electrons. The van der Waals surface area contributed by atoms with Gasteiger partial charge < -0.3 is 4.74 Å². The molecule has 0 N–H and O–H groups in total. The Labute approximate surface area is 349 Å². The van der Waals surface area contributed by atoms with E-state index in [-0.39, 0.29) is 5.97 Å². The molecule has 0 amide bonds. The maximum absolute atomic E-state index is 11.9. The first-order chi connectivity index (χ1) is 27.2. The van der Waals surface area contributed by atoms with Crippen molar-refractivity contribution in [3.8, 4) is 0 Å². The second-order valence-electron chi connectivity index (χ2n) is 18.7. The fraction of sp³-hybridized carbons (Fsp3) is 0.981. The summed E-state index contributed by atoms with van der Waals surface area (Å²) in [5.41, 5.74) is 0. The van der Waals surface area contributed by atoms with E-state index in [1.165, 1.54) is 283 Å². The van der Waals surface area contributed by atoms with Crippen LogP contribution in [-0.2, 0) is 9.53 Å². The molecular weight excluding hydrogens is 669 g/mol. The molecule has 0 aromatic carbocycles. The highest BCUT2D eigenvalue weighted by Crippen LogP contribution is 2.18. The lowest BCUT2D eigenvalue weighted by molar-refractivity contribution is -0.143. The summed E-state index contributed by atoms with van der Waals surface area (Å²) in [5, 5.41) is 0. The Morgan fingerprint density at radius 2 is 0.527 bits per heavy atom. The monoisotopic (exact) mass is 775 g/mol. The molecular formula is C53H106O2. The maximum atomic E-state index is 11.9. The van der Waals surface area contributed by atoms with Crippen LogP contribution in [0.1, 0.15) is 323 Å². The van der Waals surface area contributed by atoms with Crippen molar-refractivity contribution in [2.45, 2.75) is 323 Å². The number of hydrogen-bond acceptors (Lipinski definition) is 2. The molecule has 0 saturated carbocycles. The molecule has 2 heteroatoms. The van der Waals surface area contributed by atoms with Gasteiger partial charge in [-0.1, -0.05) is 303 Å². The minimum Gasteiger partial charge on any atom is -0.466 e. The van der Waals surface area contributed by atoms with Gasteiger partial charge >= 0.3 is 5.97 Å². The molecule has 0 saturated heterocycles. The molecule has 0 spiro atoms. The van der Waals surface area contributed by atoms with Gasteiger partial charge in [0.1, 0.15) is 0 Å². The van der Waals surface area contributed by atoms with E-state index in [1.807, 2.05) is 0 Å². The first kappa shape index (κ1) is 54.5. The van der Waals surface area contributed by atoms with E-state index in [0.29, 0.717) is 13.0 Å². The highest BCUT2D eigenvalue weighted by Gasteiger charge is 2.03. The van der Waals surface area contributed by atoms with Gasteiger partial charge in [0.15, 0.2) is 0 Å². The van der Waals surface area contributed by atoms with Crippen LogP contribution < -0.4 is 0 Å². The summed E-state index contributed by atoms with van der Waals surface area (Å²) >= 11 is 0. The molecule has 2 nitrogen and oxygen atoms in total. The Morgan fingerprint density at radius 1 is 0.309 bits per heavy atom. The Morgan fingerprint density at radius 3 is 0.782 bits per heavy atom. The summed E-state index contributed by atoms with van der Waals surface area (Å²) in [6, 6.07) is 0. The normalized spacial score (nSPS) is 11.6. The highest BCUT2D eigenvalue weighted by molar-refractivity contribution is 5.69. The standard InChI is InChI=1S/C53H106O2/c1-4-5-6-7-8-37-41-44-47-50-53(54)55-51-48-45-42-39-36-34-32-30-28-26-24-22-20-18-16-14-12-10-9-11-13-15-17-19-21-23-25-27-29-31-33-35-38-40-43-46-49-52(2)3/h52H,4-51H2,1-3H3. The smallest absolute Gasteiger partial charge is 0.305 e. The number of carbonyl (C=O) groups is 1. The molecule has 0 radical (unpaired) electrons. The molecule has 0 unspecified atom stereocenters. The summed E-state index contributed by atoms with van der Waals surface area (Å²) in [4.78, 5) is 11.9. The topological polar surface area (TPSA) is 26.3 Å². The molecule has 55 heavy (non-hydrogen) atoms. The van der Waals surface area contributed by atoms with Crippen molar-refractivity contribution in [2.24, 2.45) is 5.92 Å². The zero-order valence-corrected chi connectivity index (χ0v) is 38.8. The third-order valence-corrected chi connectivity index (χ3v) is 12.4. The van der Waals surface area contributed by atoms with Gasteiger partial charge in [-0.2, -0.15) is 0 Å². The highest BCUT2D eigenvalue weighted by atomic mass is 16.5.